The van der Waals surface area contributed by atoms with E-state index in [1.807, 2.05) is 14.0 Å². The lowest BCUT2D eigenvalue weighted by atomic mass is 9.89. The lowest BCUT2D eigenvalue weighted by Crippen LogP contribution is -2.52. The maximum absolute atomic E-state index is 6.26. The number of nitrogens with one attached hydrogen (secondary N) is 1. The summed E-state index contributed by atoms with van der Waals surface area (Å²) >= 11 is 6.26. The van der Waals surface area contributed by atoms with Crippen molar-refractivity contribution in [3.8, 4) is 0 Å². The first-order valence-corrected chi connectivity index (χ1v) is 6.64. The molecule has 2 atom stereocenters. The van der Waals surface area contributed by atoms with Crippen LogP contribution >= 0.6 is 11.6 Å². The van der Waals surface area contributed by atoms with Gasteiger partial charge in [-0.1, -0.05) is 11.6 Å². The quantitative estimate of drug-likeness (QED) is 0.641. The third-order valence-corrected chi connectivity index (χ3v) is 4.34. The predicted octanol–water partition coefficient (Wildman–Crippen LogP) is 1.33. The molecule has 0 amide bonds. The van der Waals surface area contributed by atoms with E-state index in [1.54, 1.807) is 4.68 Å². The SMILES string of the molecule is Cc1nn(C)c(Cl)c1CC(NN)C1(C)CCCO1. The molecule has 0 aliphatic carbocycles. The molecule has 1 aromatic heterocycles. The number of aryl methyl sites for hydroxylation is 2. The number of ether oxygens (including phenoxy) is 1. The van der Waals surface area contributed by atoms with Gasteiger partial charge in [0.25, 0.3) is 0 Å². The number of aromatic nitrogens is 2. The van der Waals surface area contributed by atoms with Crippen LogP contribution in [0.5, 0.6) is 0 Å². The first kappa shape index (κ1) is 13.8. The molecule has 1 fully saturated rings. The van der Waals surface area contributed by atoms with Gasteiger partial charge in [-0.3, -0.25) is 16.0 Å². The van der Waals surface area contributed by atoms with Gasteiger partial charge in [0.05, 0.1) is 17.3 Å². The van der Waals surface area contributed by atoms with Crippen LogP contribution in [-0.2, 0) is 18.2 Å². The highest BCUT2D eigenvalue weighted by molar-refractivity contribution is 6.30. The summed E-state index contributed by atoms with van der Waals surface area (Å²) in [5.41, 5.74) is 4.64. The molecule has 2 unspecified atom stereocenters. The Bertz CT molecular complexity index is 426. The summed E-state index contributed by atoms with van der Waals surface area (Å²) in [6.45, 7) is 4.87. The van der Waals surface area contributed by atoms with Gasteiger partial charge < -0.3 is 4.74 Å². The fourth-order valence-corrected chi connectivity index (χ4v) is 2.89. The average molecular weight is 273 g/mol. The molecule has 0 bridgehead atoms. The lowest BCUT2D eigenvalue weighted by molar-refractivity contribution is -0.0115. The summed E-state index contributed by atoms with van der Waals surface area (Å²) < 4.78 is 7.53. The number of halogens is 1. The number of hydrogen-bond donors (Lipinski definition) is 2. The second-order valence-corrected chi connectivity index (χ2v) is 5.52. The second kappa shape index (κ2) is 5.17. The Labute approximate surface area is 113 Å². The first-order chi connectivity index (χ1) is 8.48. The maximum atomic E-state index is 6.26. The van der Waals surface area contributed by atoms with Gasteiger partial charge >= 0.3 is 0 Å². The molecule has 1 aliphatic heterocycles. The molecule has 0 spiro atoms. The fourth-order valence-electron chi connectivity index (χ4n) is 2.64. The monoisotopic (exact) mass is 272 g/mol. The Hall–Kier alpha value is -0.620. The van der Waals surface area contributed by atoms with E-state index in [0.29, 0.717) is 5.15 Å². The van der Waals surface area contributed by atoms with Crippen molar-refractivity contribution in [1.82, 2.24) is 15.2 Å². The van der Waals surface area contributed by atoms with Gasteiger partial charge in [-0.05, 0) is 33.1 Å². The van der Waals surface area contributed by atoms with Crippen LogP contribution in [0, 0.1) is 6.92 Å². The smallest absolute Gasteiger partial charge is 0.130 e. The number of hydrogen-bond acceptors (Lipinski definition) is 4. The summed E-state index contributed by atoms with van der Waals surface area (Å²) in [5.74, 6) is 5.69. The minimum absolute atomic E-state index is 0.0420. The Morgan fingerprint density at radius 1 is 1.67 bits per heavy atom. The predicted molar refractivity (Wildman–Crippen MR) is 71.4 cm³/mol. The van der Waals surface area contributed by atoms with Gasteiger partial charge in [0, 0.05) is 19.2 Å². The van der Waals surface area contributed by atoms with Crippen LogP contribution in [0.4, 0.5) is 0 Å². The van der Waals surface area contributed by atoms with Crippen molar-refractivity contribution in [3.05, 3.63) is 16.4 Å². The molecule has 102 valence electrons. The van der Waals surface area contributed by atoms with E-state index in [2.05, 4.69) is 17.4 Å². The molecule has 3 N–H and O–H groups in total. The van der Waals surface area contributed by atoms with Crippen LogP contribution < -0.4 is 11.3 Å². The Morgan fingerprint density at radius 2 is 2.39 bits per heavy atom. The number of nitrogens with zero attached hydrogens (tertiary/aromatic N) is 2. The number of rotatable bonds is 4. The van der Waals surface area contributed by atoms with Gasteiger partial charge in [-0.2, -0.15) is 5.10 Å². The molecule has 6 heteroatoms. The minimum atomic E-state index is -0.222. The van der Waals surface area contributed by atoms with Gasteiger partial charge in [0.1, 0.15) is 5.15 Å². The van der Waals surface area contributed by atoms with E-state index in [1.165, 1.54) is 0 Å². The highest BCUT2D eigenvalue weighted by atomic mass is 35.5. The van der Waals surface area contributed by atoms with Crippen molar-refractivity contribution in [2.75, 3.05) is 6.61 Å². The summed E-state index contributed by atoms with van der Waals surface area (Å²) in [7, 11) is 1.84. The van der Waals surface area contributed by atoms with Crippen molar-refractivity contribution >= 4 is 11.6 Å². The summed E-state index contributed by atoms with van der Waals surface area (Å²) in [4.78, 5) is 0. The van der Waals surface area contributed by atoms with Crippen LogP contribution in [0.2, 0.25) is 5.15 Å². The molecular weight excluding hydrogens is 252 g/mol. The molecular formula is C12H21ClN4O. The molecule has 2 rings (SSSR count). The zero-order chi connectivity index (χ0) is 13.3. The van der Waals surface area contributed by atoms with E-state index in [9.17, 15) is 0 Å². The zero-order valence-corrected chi connectivity index (χ0v) is 11.9. The van der Waals surface area contributed by atoms with Gasteiger partial charge in [0.2, 0.25) is 0 Å². The van der Waals surface area contributed by atoms with Crippen LogP contribution in [0.25, 0.3) is 0 Å². The Balaban J connectivity index is 2.20. The van der Waals surface area contributed by atoms with E-state index in [4.69, 9.17) is 22.2 Å². The summed E-state index contributed by atoms with van der Waals surface area (Å²) in [6, 6.07) is 0.0420. The fraction of sp³-hybridized carbons (Fsp3) is 0.750. The minimum Gasteiger partial charge on any atom is -0.374 e. The van der Waals surface area contributed by atoms with Gasteiger partial charge in [-0.15, -0.1) is 0 Å². The largest absolute Gasteiger partial charge is 0.374 e. The molecule has 0 saturated carbocycles. The Morgan fingerprint density at radius 3 is 2.83 bits per heavy atom. The summed E-state index contributed by atoms with van der Waals surface area (Å²) in [5, 5.41) is 5.00. The van der Waals surface area contributed by atoms with Crippen molar-refractivity contribution in [2.45, 2.75) is 44.8 Å². The normalized spacial score (nSPS) is 25.6. The van der Waals surface area contributed by atoms with Gasteiger partial charge in [-0.25, -0.2) is 0 Å². The average Bonchev–Trinajstić information content (AvgIpc) is 2.85. The molecule has 0 aromatic carbocycles. The molecule has 1 aromatic rings. The van der Waals surface area contributed by atoms with Crippen LogP contribution in [0.15, 0.2) is 0 Å². The van der Waals surface area contributed by atoms with Crippen LogP contribution in [0.3, 0.4) is 0 Å². The second-order valence-electron chi connectivity index (χ2n) is 5.17. The number of hydrazine groups is 1. The number of nitrogens with two attached hydrogens (primary N) is 1. The Kier molecular flexibility index (Phi) is 3.96. The molecule has 5 nitrogen and oxygen atoms in total. The van der Waals surface area contributed by atoms with Crippen LogP contribution in [-0.4, -0.2) is 28.0 Å². The standard InChI is InChI=1S/C12H21ClN4O/c1-8-9(11(13)17(3)16-8)7-10(15-14)12(2)5-4-6-18-12/h10,15H,4-7,14H2,1-3H3. The van der Waals surface area contributed by atoms with Crippen molar-refractivity contribution < 1.29 is 4.74 Å². The lowest BCUT2D eigenvalue weighted by Gasteiger charge is -2.32. The van der Waals surface area contributed by atoms with E-state index >= 15 is 0 Å². The third kappa shape index (κ3) is 2.40. The molecule has 1 aliphatic rings. The van der Waals surface area contributed by atoms with Crippen LogP contribution in [0.1, 0.15) is 31.0 Å². The first-order valence-electron chi connectivity index (χ1n) is 6.26. The highest BCUT2D eigenvalue weighted by Crippen LogP contribution is 2.31. The topological polar surface area (TPSA) is 65.1 Å². The molecule has 0 radical (unpaired) electrons. The van der Waals surface area contributed by atoms with Crippen molar-refractivity contribution in [1.29, 1.82) is 0 Å². The molecule has 18 heavy (non-hydrogen) atoms. The van der Waals surface area contributed by atoms with E-state index < -0.39 is 0 Å². The van der Waals surface area contributed by atoms with Crippen molar-refractivity contribution in [3.63, 3.8) is 0 Å². The van der Waals surface area contributed by atoms with Crippen molar-refractivity contribution in [2.24, 2.45) is 12.9 Å². The molecule has 2 heterocycles. The van der Waals surface area contributed by atoms with E-state index in [-0.39, 0.29) is 11.6 Å². The third-order valence-electron chi connectivity index (χ3n) is 3.87. The van der Waals surface area contributed by atoms with E-state index in [0.717, 1.165) is 37.1 Å². The highest BCUT2D eigenvalue weighted by Gasteiger charge is 2.38. The zero-order valence-electron chi connectivity index (χ0n) is 11.2. The maximum Gasteiger partial charge on any atom is 0.130 e. The summed E-state index contributed by atoms with van der Waals surface area (Å²) in [6.07, 6.45) is 2.82. The molecule has 1 saturated heterocycles. The van der Waals surface area contributed by atoms with Gasteiger partial charge in [0.15, 0.2) is 0 Å².